The van der Waals surface area contributed by atoms with E-state index in [0.717, 1.165) is 4.31 Å². The van der Waals surface area contributed by atoms with Gasteiger partial charge < -0.3 is 0 Å². The molecule has 2 aromatic rings. The highest BCUT2D eigenvalue weighted by atomic mass is 32.2. The van der Waals surface area contributed by atoms with Gasteiger partial charge in [0, 0.05) is 46.8 Å². The Balaban J connectivity index is 1.93. The van der Waals surface area contributed by atoms with Gasteiger partial charge in [0.05, 0.1) is 29.1 Å². The predicted octanol–water partition coefficient (Wildman–Crippen LogP) is 0.913. The molecule has 3 rings (SSSR count). The van der Waals surface area contributed by atoms with Crippen LogP contribution in [-0.2, 0) is 23.2 Å². The maximum atomic E-state index is 12.9. The van der Waals surface area contributed by atoms with Gasteiger partial charge in [-0.2, -0.15) is 0 Å². The molecule has 0 unspecified atom stereocenters. The van der Waals surface area contributed by atoms with E-state index in [-0.39, 0.29) is 23.8 Å². The third kappa shape index (κ3) is 4.37. The second kappa shape index (κ2) is 8.50. The SMILES string of the molecule is CCn1c(=O)n(CN2CCN(CC(F)F)CC2)c2cc(S(=O)(=O)N(C)C)ccc21. The molecule has 0 saturated carbocycles. The van der Waals surface area contributed by atoms with E-state index in [4.69, 9.17) is 0 Å². The van der Waals surface area contributed by atoms with Crippen LogP contribution in [0.3, 0.4) is 0 Å². The van der Waals surface area contributed by atoms with Crippen molar-refractivity contribution in [2.75, 3.05) is 46.8 Å². The minimum Gasteiger partial charge on any atom is -0.295 e. The van der Waals surface area contributed by atoms with Crippen LogP contribution in [0.15, 0.2) is 27.9 Å². The highest BCUT2D eigenvalue weighted by Crippen LogP contribution is 2.21. The van der Waals surface area contributed by atoms with E-state index in [2.05, 4.69) is 0 Å². The number of fused-ring (bicyclic) bond motifs is 1. The fraction of sp³-hybridized carbons (Fsp3) is 0.611. The van der Waals surface area contributed by atoms with Crippen LogP contribution in [0.5, 0.6) is 0 Å². The van der Waals surface area contributed by atoms with Crippen molar-refractivity contribution in [2.45, 2.75) is 31.5 Å². The lowest BCUT2D eigenvalue weighted by molar-refractivity contribution is 0.0478. The average molecular weight is 432 g/mol. The number of imidazole rings is 1. The zero-order valence-electron chi connectivity index (χ0n) is 16.9. The molecule has 0 N–H and O–H groups in total. The van der Waals surface area contributed by atoms with Crippen LogP contribution in [0.25, 0.3) is 11.0 Å². The Hall–Kier alpha value is -1.82. The first kappa shape index (κ1) is 21.9. The van der Waals surface area contributed by atoms with Crippen molar-refractivity contribution in [3.05, 3.63) is 28.7 Å². The highest BCUT2D eigenvalue weighted by molar-refractivity contribution is 7.89. The minimum absolute atomic E-state index is 0.124. The Morgan fingerprint density at radius 3 is 2.21 bits per heavy atom. The van der Waals surface area contributed by atoms with Gasteiger partial charge in [0.15, 0.2) is 0 Å². The summed E-state index contributed by atoms with van der Waals surface area (Å²) in [6, 6.07) is 4.70. The Morgan fingerprint density at radius 2 is 1.66 bits per heavy atom. The molecule has 0 aliphatic carbocycles. The Kier molecular flexibility index (Phi) is 6.42. The monoisotopic (exact) mass is 431 g/mol. The number of aromatic nitrogens is 2. The van der Waals surface area contributed by atoms with Crippen LogP contribution in [0.4, 0.5) is 8.78 Å². The van der Waals surface area contributed by atoms with Crippen LogP contribution < -0.4 is 5.69 Å². The normalized spacial score (nSPS) is 17.1. The minimum atomic E-state index is -3.63. The molecule has 11 heteroatoms. The molecule has 162 valence electrons. The van der Waals surface area contributed by atoms with E-state index in [1.165, 1.54) is 26.2 Å². The Bertz CT molecular complexity index is 1020. The van der Waals surface area contributed by atoms with E-state index < -0.39 is 16.4 Å². The molecule has 1 aliphatic rings. The molecular formula is C18H27F2N5O3S. The summed E-state index contributed by atoms with van der Waals surface area (Å²) in [4.78, 5) is 16.8. The van der Waals surface area contributed by atoms with Gasteiger partial charge in [-0.15, -0.1) is 0 Å². The summed E-state index contributed by atoms with van der Waals surface area (Å²) in [5.74, 6) is 0. The van der Waals surface area contributed by atoms with Gasteiger partial charge in [0.1, 0.15) is 0 Å². The largest absolute Gasteiger partial charge is 0.330 e. The molecule has 1 saturated heterocycles. The Labute approximate surface area is 169 Å². The summed E-state index contributed by atoms with van der Waals surface area (Å²) in [7, 11) is -0.708. The molecule has 0 bridgehead atoms. The lowest BCUT2D eigenvalue weighted by atomic mass is 10.3. The summed E-state index contributed by atoms with van der Waals surface area (Å²) >= 11 is 0. The number of hydrogen-bond donors (Lipinski definition) is 0. The molecule has 0 amide bonds. The maximum Gasteiger partial charge on any atom is 0.330 e. The first-order valence-electron chi connectivity index (χ1n) is 9.53. The fourth-order valence-corrected chi connectivity index (χ4v) is 4.54. The molecule has 29 heavy (non-hydrogen) atoms. The van der Waals surface area contributed by atoms with Crippen molar-refractivity contribution in [3.63, 3.8) is 0 Å². The molecule has 1 fully saturated rings. The first-order valence-corrected chi connectivity index (χ1v) is 11.0. The zero-order valence-corrected chi connectivity index (χ0v) is 17.7. The van der Waals surface area contributed by atoms with Gasteiger partial charge in [-0.1, -0.05) is 0 Å². The second-order valence-electron chi connectivity index (χ2n) is 7.34. The van der Waals surface area contributed by atoms with Crippen molar-refractivity contribution in [1.29, 1.82) is 0 Å². The highest BCUT2D eigenvalue weighted by Gasteiger charge is 2.23. The molecule has 0 radical (unpaired) electrons. The van der Waals surface area contributed by atoms with Crippen molar-refractivity contribution < 1.29 is 17.2 Å². The van der Waals surface area contributed by atoms with Crippen molar-refractivity contribution in [1.82, 2.24) is 23.2 Å². The lowest BCUT2D eigenvalue weighted by Gasteiger charge is -2.34. The van der Waals surface area contributed by atoms with E-state index in [9.17, 15) is 22.0 Å². The molecule has 1 aromatic carbocycles. The molecule has 1 aromatic heterocycles. The molecule has 2 heterocycles. The number of nitrogens with zero attached hydrogens (tertiary/aromatic N) is 5. The number of halogens is 2. The fourth-order valence-electron chi connectivity index (χ4n) is 3.62. The third-order valence-corrected chi connectivity index (χ3v) is 7.10. The van der Waals surface area contributed by atoms with Gasteiger partial charge in [-0.05, 0) is 25.1 Å². The number of benzene rings is 1. The number of hydrogen-bond acceptors (Lipinski definition) is 5. The van der Waals surface area contributed by atoms with Crippen LogP contribution in [0.1, 0.15) is 6.92 Å². The molecule has 8 nitrogen and oxygen atoms in total. The van der Waals surface area contributed by atoms with Crippen molar-refractivity contribution in [3.8, 4) is 0 Å². The molecular weight excluding hydrogens is 404 g/mol. The third-order valence-electron chi connectivity index (χ3n) is 5.29. The zero-order chi connectivity index (χ0) is 21.3. The number of sulfonamides is 1. The summed E-state index contributed by atoms with van der Waals surface area (Å²) in [6.07, 6.45) is -2.36. The van der Waals surface area contributed by atoms with E-state index in [0.29, 0.717) is 43.8 Å². The van der Waals surface area contributed by atoms with E-state index in [1.54, 1.807) is 20.1 Å². The smallest absolute Gasteiger partial charge is 0.295 e. The maximum absolute atomic E-state index is 12.9. The van der Waals surface area contributed by atoms with Crippen LogP contribution in [-0.4, -0.2) is 84.9 Å². The van der Waals surface area contributed by atoms with Gasteiger partial charge >= 0.3 is 5.69 Å². The topological polar surface area (TPSA) is 70.8 Å². The van der Waals surface area contributed by atoms with Gasteiger partial charge in [0.25, 0.3) is 6.43 Å². The summed E-state index contributed by atoms with van der Waals surface area (Å²) < 4.78 is 54.5. The van der Waals surface area contributed by atoms with E-state index in [1.807, 2.05) is 11.8 Å². The number of alkyl halides is 2. The van der Waals surface area contributed by atoms with Crippen LogP contribution in [0, 0.1) is 0 Å². The van der Waals surface area contributed by atoms with Gasteiger partial charge in [-0.3, -0.25) is 18.9 Å². The lowest BCUT2D eigenvalue weighted by Crippen LogP contribution is -2.48. The Morgan fingerprint density at radius 1 is 1.03 bits per heavy atom. The summed E-state index contributed by atoms with van der Waals surface area (Å²) in [6.45, 7) is 4.51. The summed E-state index contributed by atoms with van der Waals surface area (Å²) in [5.41, 5.74) is 1.01. The van der Waals surface area contributed by atoms with Crippen LogP contribution >= 0.6 is 0 Å². The van der Waals surface area contributed by atoms with Crippen molar-refractivity contribution in [2.24, 2.45) is 0 Å². The molecule has 0 atom stereocenters. The van der Waals surface area contributed by atoms with E-state index >= 15 is 0 Å². The molecule has 0 spiro atoms. The van der Waals surface area contributed by atoms with Crippen molar-refractivity contribution >= 4 is 21.1 Å². The first-order chi connectivity index (χ1) is 13.6. The van der Waals surface area contributed by atoms with Gasteiger partial charge in [-0.25, -0.2) is 26.3 Å². The van der Waals surface area contributed by atoms with Crippen LogP contribution in [0.2, 0.25) is 0 Å². The quantitative estimate of drug-likeness (QED) is 0.652. The number of piperazine rings is 1. The number of aryl methyl sites for hydroxylation is 1. The second-order valence-corrected chi connectivity index (χ2v) is 9.50. The van der Waals surface area contributed by atoms with Gasteiger partial charge in [0.2, 0.25) is 10.0 Å². The summed E-state index contributed by atoms with van der Waals surface area (Å²) in [5, 5.41) is 0. The average Bonchev–Trinajstić information content (AvgIpc) is 2.93. The predicted molar refractivity (Wildman–Crippen MR) is 107 cm³/mol. The standard InChI is InChI=1S/C18H27F2N5O3S/c1-4-24-15-6-5-14(29(27,28)21(2)3)11-16(15)25(18(24)26)13-23-9-7-22(8-10-23)12-17(19)20/h5-6,11,17H,4,7-10,12-13H2,1-3H3. The number of rotatable bonds is 7. The molecule has 1 aliphatic heterocycles.